The first-order valence-electron chi connectivity index (χ1n) is 5.45. The fraction of sp³-hybridized carbons (Fsp3) is 0. The van der Waals surface area contributed by atoms with Crippen LogP contribution in [-0.4, -0.2) is 14.6 Å². The van der Waals surface area contributed by atoms with Crippen molar-refractivity contribution < 1.29 is 0 Å². The number of nitrogens with zero attached hydrogens (tertiary/aromatic N) is 3. The first-order chi connectivity index (χ1) is 8.72. The lowest BCUT2D eigenvalue weighted by atomic mass is 10.3. The van der Waals surface area contributed by atoms with Gasteiger partial charge in [0.25, 0.3) is 0 Å². The highest BCUT2D eigenvalue weighted by Crippen LogP contribution is 2.22. The molecular weight excluding hydrogens is 228 g/mol. The van der Waals surface area contributed by atoms with Gasteiger partial charge in [0.1, 0.15) is 5.82 Å². The maximum absolute atomic E-state index is 5.74. The van der Waals surface area contributed by atoms with Crippen molar-refractivity contribution in [2.75, 3.05) is 16.8 Å². The number of hydrogen-bond acceptors (Lipinski definition) is 5. The van der Waals surface area contributed by atoms with Gasteiger partial charge in [0.2, 0.25) is 0 Å². The second kappa shape index (κ2) is 3.92. The third kappa shape index (κ3) is 1.80. The first-order valence-corrected chi connectivity index (χ1v) is 5.45. The summed E-state index contributed by atoms with van der Waals surface area (Å²) in [7, 11) is 0. The Morgan fingerprint density at radius 2 is 1.89 bits per heavy atom. The number of nitrogen functional groups attached to an aromatic ring is 2. The Labute approximate surface area is 103 Å². The molecule has 1 aromatic carbocycles. The standard InChI is InChI=1S/C12H12N6/c13-8-1-3-9(4-2-8)16-10-7-11(14)17-18-6-5-15-12(10)18/h1-7,16H,13H2,(H2,14,17). The minimum atomic E-state index is 0.429. The minimum absolute atomic E-state index is 0.429. The number of benzene rings is 1. The molecule has 0 atom stereocenters. The van der Waals surface area contributed by atoms with Crippen molar-refractivity contribution in [2.24, 2.45) is 0 Å². The van der Waals surface area contributed by atoms with Crippen molar-refractivity contribution in [3.63, 3.8) is 0 Å². The number of rotatable bonds is 2. The molecule has 0 fully saturated rings. The van der Waals surface area contributed by atoms with Crippen LogP contribution in [-0.2, 0) is 0 Å². The number of hydrogen-bond donors (Lipinski definition) is 3. The number of nitrogens with one attached hydrogen (secondary N) is 1. The Balaban J connectivity index is 2.03. The lowest BCUT2D eigenvalue weighted by Crippen LogP contribution is -2.01. The summed E-state index contributed by atoms with van der Waals surface area (Å²) in [6.07, 6.45) is 3.43. The van der Waals surface area contributed by atoms with Crippen LogP contribution in [0.3, 0.4) is 0 Å². The Morgan fingerprint density at radius 1 is 1.11 bits per heavy atom. The molecule has 5 N–H and O–H groups in total. The quantitative estimate of drug-likeness (QED) is 0.592. The number of aromatic nitrogens is 3. The van der Waals surface area contributed by atoms with Gasteiger partial charge in [0.05, 0.1) is 5.69 Å². The molecule has 0 amide bonds. The SMILES string of the molecule is Nc1ccc(Nc2cc(N)nn3ccnc23)cc1. The van der Waals surface area contributed by atoms with Crippen LogP contribution >= 0.6 is 0 Å². The van der Waals surface area contributed by atoms with Gasteiger partial charge in [-0.1, -0.05) is 0 Å². The number of fused-ring (bicyclic) bond motifs is 1. The van der Waals surface area contributed by atoms with Crippen molar-refractivity contribution in [2.45, 2.75) is 0 Å². The Morgan fingerprint density at radius 3 is 2.67 bits per heavy atom. The zero-order chi connectivity index (χ0) is 12.5. The number of anilines is 4. The molecule has 2 heterocycles. The normalized spacial score (nSPS) is 10.7. The van der Waals surface area contributed by atoms with E-state index in [0.29, 0.717) is 5.82 Å². The van der Waals surface area contributed by atoms with Crippen molar-refractivity contribution in [1.29, 1.82) is 0 Å². The van der Waals surface area contributed by atoms with Gasteiger partial charge < -0.3 is 16.8 Å². The van der Waals surface area contributed by atoms with E-state index in [9.17, 15) is 0 Å². The summed E-state index contributed by atoms with van der Waals surface area (Å²) >= 11 is 0. The van der Waals surface area contributed by atoms with Crippen LogP contribution in [0.25, 0.3) is 5.65 Å². The molecule has 0 saturated heterocycles. The van der Waals surface area contributed by atoms with E-state index in [1.54, 1.807) is 23.0 Å². The Bertz CT molecular complexity index is 685. The summed E-state index contributed by atoms with van der Waals surface area (Å²) in [6.45, 7) is 0. The summed E-state index contributed by atoms with van der Waals surface area (Å²) in [5.74, 6) is 0.429. The van der Waals surface area contributed by atoms with Gasteiger partial charge in [-0.05, 0) is 24.3 Å². The van der Waals surface area contributed by atoms with E-state index in [1.165, 1.54) is 0 Å². The Kier molecular flexibility index (Phi) is 2.26. The van der Waals surface area contributed by atoms with Crippen molar-refractivity contribution >= 4 is 28.5 Å². The molecule has 6 heteroatoms. The summed E-state index contributed by atoms with van der Waals surface area (Å²) in [4.78, 5) is 4.23. The van der Waals surface area contributed by atoms with E-state index in [-0.39, 0.29) is 0 Å². The minimum Gasteiger partial charge on any atom is -0.399 e. The molecule has 0 radical (unpaired) electrons. The maximum Gasteiger partial charge on any atom is 0.177 e. The van der Waals surface area contributed by atoms with Crippen molar-refractivity contribution in [3.8, 4) is 0 Å². The van der Waals surface area contributed by atoms with Crippen molar-refractivity contribution in [3.05, 3.63) is 42.7 Å². The predicted molar refractivity (Wildman–Crippen MR) is 71.5 cm³/mol. The van der Waals surface area contributed by atoms with Gasteiger partial charge in [-0.2, -0.15) is 0 Å². The summed E-state index contributed by atoms with van der Waals surface area (Å²) in [6, 6.07) is 9.20. The van der Waals surface area contributed by atoms with Gasteiger partial charge in [0, 0.05) is 29.8 Å². The molecule has 18 heavy (non-hydrogen) atoms. The summed E-state index contributed by atoms with van der Waals surface area (Å²) in [5.41, 5.74) is 14.6. The first kappa shape index (κ1) is 10.4. The molecule has 0 unspecified atom stereocenters. The molecule has 90 valence electrons. The number of nitrogens with two attached hydrogens (primary N) is 2. The van der Waals surface area contributed by atoms with Crippen molar-refractivity contribution in [1.82, 2.24) is 14.6 Å². The molecule has 0 aliphatic heterocycles. The average molecular weight is 240 g/mol. The highest BCUT2D eigenvalue weighted by Gasteiger charge is 2.05. The van der Waals surface area contributed by atoms with Crippen LogP contribution in [0.4, 0.5) is 22.9 Å². The molecule has 0 aliphatic rings. The van der Waals surface area contributed by atoms with Crippen LogP contribution in [0.5, 0.6) is 0 Å². The number of imidazole rings is 1. The molecule has 0 bridgehead atoms. The largest absolute Gasteiger partial charge is 0.399 e. The van der Waals surface area contributed by atoms with E-state index in [4.69, 9.17) is 11.5 Å². The second-order valence-electron chi connectivity index (χ2n) is 3.93. The maximum atomic E-state index is 5.74. The van der Waals surface area contributed by atoms with E-state index < -0.39 is 0 Å². The van der Waals surface area contributed by atoms with E-state index in [1.807, 2.05) is 24.3 Å². The van der Waals surface area contributed by atoms with E-state index in [2.05, 4.69) is 15.4 Å². The van der Waals surface area contributed by atoms with Crippen LogP contribution in [0.2, 0.25) is 0 Å². The zero-order valence-corrected chi connectivity index (χ0v) is 9.54. The molecule has 3 rings (SSSR count). The van der Waals surface area contributed by atoms with Crippen LogP contribution in [0.15, 0.2) is 42.7 Å². The summed E-state index contributed by atoms with van der Waals surface area (Å²) in [5, 5.41) is 7.37. The second-order valence-corrected chi connectivity index (χ2v) is 3.93. The lowest BCUT2D eigenvalue weighted by molar-refractivity contribution is 0.947. The molecule has 3 aromatic rings. The fourth-order valence-corrected chi connectivity index (χ4v) is 1.75. The third-order valence-corrected chi connectivity index (χ3v) is 2.57. The molecule has 0 aliphatic carbocycles. The van der Waals surface area contributed by atoms with Gasteiger partial charge >= 0.3 is 0 Å². The predicted octanol–water partition coefficient (Wildman–Crippen LogP) is 1.64. The third-order valence-electron chi connectivity index (χ3n) is 2.57. The van der Waals surface area contributed by atoms with Crippen LogP contribution in [0.1, 0.15) is 0 Å². The Hall–Kier alpha value is -2.76. The summed E-state index contributed by atoms with van der Waals surface area (Å²) < 4.78 is 1.63. The highest BCUT2D eigenvalue weighted by atomic mass is 15.3. The fourth-order valence-electron chi connectivity index (χ4n) is 1.75. The smallest absolute Gasteiger partial charge is 0.177 e. The topological polar surface area (TPSA) is 94.3 Å². The van der Waals surface area contributed by atoms with Crippen LogP contribution in [0, 0.1) is 0 Å². The molecule has 0 saturated carbocycles. The van der Waals surface area contributed by atoms with Gasteiger partial charge in [-0.3, -0.25) is 0 Å². The molecule has 0 spiro atoms. The molecule has 6 nitrogen and oxygen atoms in total. The molecule has 2 aromatic heterocycles. The van der Waals surface area contributed by atoms with E-state index in [0.717, 1.165) is 22.7 Å². The molecular formula is C12H12N6. The van der Waals surface area contributed by atoms with Crippen LogP contribution < -0.4 is 16.8 Å². The lowest BCUT2D eigenvalue weighted by Gasteiger charge is -2.08. The van der Waals surface area contributed by atoms with E-state index >= 15 is 0 Å². The average Bonchev–Trinajstić information content (AvgIpc) is 2.80. The highest BCUT2D eigenvalue weighted by molar-refractivity contribution is 5.75. The van der Waals surface area contributed by atoms with Gasteiger partial charge in [-0.15, -0.1) is 5.10 Å². The monoisotopic (exact) mass is 240 g/mol. The zero-order valence-electron chi connectivity index (χ0n) is 9.54. The van der Waals surface area contributed by atoms with Gasteiger partial charge in [-0.25, -0.2) is 9.50 Å². The van der Waals surface area contributed by atoms with Gasteiger partial charge in [0.15, 0.2) is 5.65 Å².